The van der Waals surface area contributed by atoms with E-state index >= 15 is 0 Å². The lowest BCUT2D eigenvalue weighted by Crippen LogP contribution is -2.30. The largest absolute Gasteiger partial charge is 0.452 e. The van der Waals surface area contributed by atoms with Crippen LogP contribution in [0.4, 0.5) is 4.39 Å². The van der Waals surface area contributed by atoms with E-state index in [1.807, 2.05) is 0 Å². The molecule has 7 nitrogen and oxygen atoms in total. The second-order valence-corrected chi connectivity index (χ2v) is 7.90. The number of primary sulfonamides is 1. The van der Waals surface area contributed by atoms with Crippen LogP contribution in [0.15, 0.2) is 51.8 Å². The Hall–Kier alpha value is -2.30. The van der Waals surface area contributed by atoms with E-state index in [2.05, 4.69) is 21.2 Å². The van der Waals surface area contributed by atoms with Gasteiger partial charge in [0, 0.05) is 11.0 Å². The molecule has 0 fully saturated rings. The molecule has 10 heteroatoms. The number of carbonyl (C=O) groups is 2. The summed E-state index contributed by atoms with van der Waals surface area (Å²) in [7, 11) is -3.98. The van der Waals surface area contributed by atoms with Crippen LogP contribution in [0.2, 0.25) is 0 Å². The van der Waals surface area contributed by atoms with Crippen molar-refractivity contribution in [2.45, 2.75) is 11.3 Å². The number of rotatable bonds is 7. The van der Waals surface area contributed by atoms with Gasteiger partial charge in [0.1, 0.15) is 5.82 Å². The fourth-order valence-corrected chi connectivity index (χ4v) is 3.04. The molecular formula is C17H16BrFN2O5S. The van der Waals surface area contributed by atoms with Crippen molar-refractivity contribution in [3.05, 3.63) is 63.9 Å². The number of amides is 1. The zero-order chi connectivity index (χ0) is 20.0. The van der Waals surface area contributed by atoms with Crippen LogP contribution in [0.25, 0.3) is 0 Å². The first-order chi connectivity index (χ1) is 12.7. The number of ether oxygens (including phenoxy) is 1. The van der Waals surface area contributed by atoms with Gasteiger partial charge in [0.2, 0.25) is 10.0 Å². The first kappa shape index (κ1) is 21.0. The molecule has 3 N–H and O–H groups in total. The molecule has 0 heterocycles. The van der Waals surface area contributed by atoms with Gasteiger partial charge < -0.3 is 10.1 Å². The van der Waals surface area contributed by atoms with Gasteiger partial charge >= 0.3 is 5.97 Å². The molecule has 0 unspecified atom stereocenters. The van der Waals surface area contributed by atoms with Crippen molar-refractivity contribution in [2.24, 2.45) is 5.14 Å². The Morgan fingerprint density at radius 1 is 1.15 bits per heavy atom. The van der Waals surface area contributed by atoms with Crippen molar-refractivity contribution >= 4 is 37.8 Å². The number of hydrogen-bond acceptors (Lipinski definition) is 5. The fraction of sp³-hybridized carbons (Fsp3) is 0.176. The SMILES string of the molecule is NS(=O)(=O)c1ccc(Br)c(C(=O)OCC(=O)NCCc2ccc(F)cc2)c1. The number of nitrogens with two attached hydrogens (primary N) is 1. The van der Waals surface area contributed by atoms with Crippen molar-refractivity contribution in [1.29, 1.82) is 0 Å². The molecule has 2 rings (SSSR count). The summed E-state index contributed by atoms with van der Waals surface area (Å²) in [5.41, 5.74) is 0.776. The summed E-state index contributed by atoms with van der Waals surface area (Å²) in [5.74, 6) is -1.74. The maximum atomic E-state index is 12.8. The van der Waals surface area contributed by atoms with Crippen LogP contribution in [0, 0.1) is 5.82 Å². The van der Waals surface area contributed by atoms with Crippen LogP contribution in [-0.4, -0.2) is 33.4 Å². The highest BCUT2D eigenvalue weighted by Crippen LogP contribution is 2.21. The van der Waals surface area contributed by atoms with Crippen molar-refractivity contribution in [3.63, 3.8) is 0 Å². The van der Waals surface area contributed by atoms with Crippen LogP contribution in [0.3, 0.4) is 0 Å². The van der Waals surface area contributed by atoms with Crippen molar-refractivity contribution in [3.8, 4) is 0 Å². The molecule has 2 aromatic carbocycles. The average Bonchev–Trinajstić information content (AvgIpc) is 2.60. The molecule has 0 aliphatic heterocycles. The first-order valence-electron chi connectivity index (χ1n) is 7.67. The smallest absolute Gasteiger partial charge is 0.339 e. The van der Waals surface area contributed by atoms with E-state index in [0.29, 0.717) is 10.9 Å². The van der Waals surface area contributed by atoms with Gasteiger partial charge in [0.25, 0.3) is 5.91 Å². The Balaban J connectivity index is 1.86. The number of esters is 1. The molecule has 0 atom stereocenters. The van der Waals surface area contributed by atoms with Crippen molar-refractivity contribution in [2.75, 3.05) is 13.2 Å². The van der Waals surface area contributed by atoms with Gasteiger partial charge in [0.15, 0.2) is 6.61 Å². The quantitative estimate of drug-likeness (QED) is 0.613. The molecule has 1 amide bonds. The maximum Gasteiger partial charge on any atom is 0.339 e. The van der Waals surface area contributed by atoms with E-state index in [1.165, 1.54) is 24.3 Å². The lowest BCUT2D eigenvalue weighted by molar-refractivity contribution is -0.124. The third-order valence-corrected chi connectivity index (χ3v) is 5.07. The molecule has 144 valence electrons. The Morgan fingerprint density at radius 3 is 2.44 bits per heavy atom. The average molecular weight is 459 g/mol. The summed E-state index contributed by atoms with van der Waals surface area (Å²) in [6.45, 7) is -0.249. The monoisotopic (exact) mass is 458 g/mol. The lowest BCUT2D eigenvalue weighted by atomic mass is 10.1. The molecule has 0 aromatic heterocycles. The number of nitrogens with one attached hydrogen (secondary N) is 1. The summed E-state index contributed by atoms with van der Waals surface area (Å²) in [5, 5.41) is 7.59. The van der Waals surface area contributed by atoms with Crippen LogP contribution in [0.5, 0.6) is 0 Å². The lowest BCUT2D eigenvalue weighted by Gasteiger charge is -2.09. The van der Waals surface area contributed by atoms with Gasteiger partial charge in [-0.2, -0.15) is 0 Å². The van der Waals surface area contributed by atoms with Gasteiger partial charge in [-0.3, -0.25) is 4.79 Å². The summed E-state index contributed by atoms with van der Waals surface area (Å²) >= 11 is 3.11. The Kier molecular flexibility index (Phi) is 7.05. The minimum atomic E-state index is -3.98. The molecule has 0 aliphatic carbocycles. The van der Waals surface area contributed by atoms with E-state index in [1.54, 1.807) is 12.1 Å². The predicted molar refractivity (Wildman–Crippen MR) is 98.9 cm³/mol. The second-order valence-electron chi connectivity index (χ2n) is 5.49. The molecule has 0 bridgehead atoms. The van der Waals surface area contributed by atoms with Crippen LogP contribution in [-0.2, 0) is 26.0 Å². The second kappa shape index (κ2) is 9.07. The van der Waals surface area contributed by atoms with E-state index in [-0.39, 0.29) is 22.8 Å². The number of halogens is 2. The number of carbonyl (C=O) groups excluding carboxylic acids is 2. The molecule has 27 heavy (non-hydrogen) atoms. The highest BCUT2D eigenvalue weighted by Gasteiger charge is 2.17. The Bertz CT molecular complexity index is 948. The maximum absolute atomic E-state index is 12.8. The minimum absolute atomic E-state index is 0.0689. The molecular weight excluding hydrogens is 443 g/mol. The van der Waals surface area contributed by atoms with Gasteiger partial charge in [0.05, 0.1) is 10.5 Å². The fourth-order valence-electron chi connectivity index (χ4n) is 2.09. The van der Waals surface area contributed by atoms with Crippen LogP contribution in [0.1, 0.15) is 15.9 Å². The zero-order valence-electron chi connectivity index (χ0n) is 13.9. The standard InChI is InChI=1S/C17H16BrFN2O5S/c18-15-6-5-13(27(20,24)25)9-14(15)17(23)26-10-16(22)21-8-7-11-1-3-12(19)4-2-11/h1-6,9H,7-8,10H2,(H,21,22)(H2,20,24,25). The van der Waals surface area contributed by atoms with E-state index in [9.17, 15) is 22.4 Å². The highest BCUT2D eigenvalue weighted by molar-refractivity contribution is 9.10. The molecule has 0 aliphatic rings. The summed E-state index contributed by atoms with van der Waals surface area (Å²) in [4.78, 5) is 23.6. The number of sulfonamides is 1. The topological polar surface area (TPSA) is 116 Å². The number of hydrogen-bond donors (Lipinski definition) is 2. The van der Waals surface area contributed by atoms with Gasteiger partial charge in [-0.15, -0.1) is 0 Å². The molecule has 0 radical (unpaired) electrons. The predicted octanol–water partition coefficient (Wildman–Crippen LogP) is 1.75. The molecule has 2 aromatic rings. The normalized spacial score (nSPS) is 11.1. The van der Waals surface area contributed by atoms with E-state index < -0.39 is 28.5 Å². The first-order valence-corrected chi connectivity index (χ1v) is 10.0. The summed E-state index contributed by atoms with van der Waals surface area (Å²) < 4.78 is 40.7. The third-order valence-electron chi connectivity index (χ3n) is 3.47. The van der Waals surface area contributed by atoms with E-state index in [0.717, 1.165) is 11.6 Å². The summed E-state index contributed by atoms with van der Waals surface area (Å²) in [6.07, 6.45) is 0.488. The van der Waals surface area contributed by atoms with E-state index in [4.69, 9.17) is 9.88 Å². The summed E-state index contributed by atoms with van der Waals surface area (Å²) in [6, 6.07) is 9.51. The Morgan fingerprint density at radius 2 is 1.81 bits per heavy atom. The molecule has 0 spiro atoms. The number of benzene rings is 2. The van der Waals surface area contributed by atoms with Crippen LogP contribution >= 0.6 is 15.9 Å². The van der Waals surface area contributed by atoms with Crippen molar-refractivity contribution < 1.29 is 27.1 Å². The minimum Gasteiger partial charge on any atom is -0.452 e. The zero-order valence-corrected chi connectivity index (χ0v) is 16.3. The Labute approximate surface area is 163 Å². The molecule has 0 saturated carbocycles. The van der Waals surface area contributed by atoms with Gasteiger partial charge in [-0.25, -0.2) is 22.7 Å². The third kappa shape index (κ3) is 6.42. The van der Waals surface area contributed by atoms with Crippen LogP contribution < -0.4 is 10.5 Å². The molecule has 0 saturated heterocycles. The highest BCUT2D eigenvalue weighted by atomic mass is 79.9. The van der Waals surface area contributed by atoms with Gasteiger partial charge in [-0.1, -0.05) is 12.1 Å². The van der Waals surface area contributed by atoms with Crippen molar-refractivity contribution in [1.82, 2.24) is 5.32 Å². The van der Waals surface area contributed by atoms with Gasteiger partial charge in [-0.05, 0) is 58.2 Å².